The van der Waals surface area contributed by atoms with Crippen molar-refractivity contribution < 1.29 is 19.0 Å². The average molecular weight is 268 g/mol. The molecule has 0 aromatic carbocycles. The Morgan fingerprint density at radius 3 is 2.47 bits per heavy atom. The molecule has 1 fully saturated rings. The van der Waals surface area contributed by atoms with Gasteiger partial charge in [0.1, 0.15) is 6.61 Å². The normalized spacial score (nSPS) is 15.4. The molecule has 0 saturated heterocycles. The maximum absolute atomic E-state index is 11.5. The molecule has 0 unspecified atom stereocenters. The van der Waals surface area contributed by atoms with Gasteiger partial charge in [-0.15, -0.1) is 0 Å². The molecule has 4 nitrogen and oxygen atoms in total. The average Bonchev–Trinajstić information content (AvgIpc) is 2.86. The minimum atomic E-state index is -0.420. The molecule has 0 aliphatic heterocycles. The smallest absolute Gasteiger partial charge is 0.335 e. The zero-order valence-corrected chi connectivity index (χ0v) is 11.8. The fourth-order valence-corrected chi connectivity index (χ4v) is 1.91. The molecular weight excluding hydrogens is 244 g/mol. The maximum Gasteiger partial charge on any atom is 0.335 e. The van der Waals surface area contributed by atoms with Gasteiger partial charge in [-0.2, -0.15) is 0 Å². The van der Waals surface area contributed by atoms with Gasteiger partial charge < -0.3 is 14.2 Å². The van der Waals surface area contributed by atoms with Crippen molar-refractivity contribution in [1.82, 2.24) is 0 Å². The van der Waals surface area contributed by atoms with E-state index >= 15 is 0 Å². The molecule has 0 amide bonds. The first-order valence-electron chi connectivity index (χ1n) is 6.78. The van der Waals surface area contributed by atoms with Gasteiger partial charge in [-0.1, -0.05) is 31.6 Å². The first-order chi connectivity index (χ1) is 9.09. The summed E-state index contributed by atoms with van der Waals surface area (Å²) in [5.74, 6) is -0.420. The lowest BCUT2D eigenvalue weighted by Crippen LogP contribution is -2.17. The van der Waals surface area contributed by atoms with Crippen molar-refractivity contribution in [2.45, 2.75) is 38.7 Å². The van der Waals surface area contributed by atoms with Gasteiger partial charge in [0.25, 0.3) is 0 Å². The van der Waals surface area contributed by atoms with Crippen molar-refractivity contribution >= 4 is 5.97 Å². The monoisotopic (exact) mass is 268 g/mol. The van der Waals surface area contributed by atoms with Crippen molar-refractivity contribution in [2.24, 2.45) is 0 Å². The third-order valence-corrected chi connectivity index (χ3v) is 2.89. The number of hydrogen-bond acceptors (Lipinski definition) is 4. The van der Waals surface area contributed by atoms with Crippen molar-refractivity contribution in [3.63, 3.8) is 0 Å². The highest BCUT2D eigenvalue weighted by molar-refractivity contribution is 5.87. The van der Waals surface area contributed by atoms with E-state index in [0.717, 1.165) is 18.4 Å². The van der Waals surface area contributed by atoms with Crippen LogP contribution < -0.4 is 0 Å². The lowest BCUT2D eigenvalue weighted by Gasteiger charge is -2.11. The summed E-state index contributed by atoms with van der Waals surface area (Å²) in [4.78, 5) is 11.5. The predicted molar refractivity (Wildman–Crippen MR) is 73.9 cm³/mol. The molecule has 0 radical (unpaired) electrons. The predicted octanol–water partition coefficient (Wildman–Crippen LogP) is 2.64. The molecule has 0 bridgehead atoms. The topological polar surface area (TPSA) is 44.8 Å². The van der Waals surface area contributed by atoms with Crippen LogP contribution >= 0.6 is 0 Å². The summed E-state index contributed by atoms with van der Waals surface area (Å²) < 4.78 is 15.9. The molecule has 0 heterocycles. The Kier molecular flexibility index (Phi) is 7.45. The SMILES string of the molecule is C=C(C)COCC(=C)C(=O)OCCOC1CCCC1. The van der Waals surface area contributed by atoms with Crippen LogP contribution in [0.5, 0.6) is 0 Å². The van der Waals surface area contributed by atoms with Gasteiger partial charge in [0, 0.05) is 0 Å². The zero-order chi connectivity index (χ0) is 14.1. The Morgan fingerprint density at radius 2 is 1.84 bits per heavy atom. The fourth-order valence-electron chi connectivity index (χ4n) is 1.91. The first kappa shape index (κ1) is 15.9. The third kappa shape index (κ3) is 7.13. The maximum atomic E-state index is 11.5. The molecule has 0 spiro atoms. The van der Waals surface area contributed by atoms with Crippen LogP contribution in [0.4, 0.5) is 0 Å². The number of hydrogen-bond donors (Lipinski definition) is 0. The summed E-state index contributed by atoms with van der Waals surface area (Å²) in [6.45, 7) is 10.5. The number of esters is 1. The van der Waals surface area contributed by atoms with E-state index in [1.54, 1.807) is 0 Å². The number of carbonyl (C=O) groups excluding carboxylic acids is 1. The molecule has 1 aliphatic rings. The Hall–Kier alpha value is -1.13. The fraction of sp³-hybridized carbons (Fsp3) is 0.667. The van der Waals surface area contributed by atoms with Crippen LogP contribution in [-0.4, -0.2) is 38.5 Å². The van der Waals surface area contributed by atoms with E-state index in [4.69, 9.17) is 14.2 Å². The molecule has 0 N–H and O–H groups in total. The van der Waals surface area contributed by atoms with Crippen molar-refractivity contribution in [2.75, 3.05) is 26.4 Å². The van der Waals surface area contributed by atoms with Gasteiger partial charge in [-0.05, 0) is 19.8 Å². The van der Waals surface area contributed by atoms with E-state index in [2.05, 4.69) is 13.2 Å². The number of ether oxygens (including phenoxy) is 3. The van der Waals surface area contributed by atoms with E-state index in [-0.39, 0.29) is 13.2 Å². The van der Waals surface area contributed by atoms with Crippen LogP contribution in [-0.2, 0) is 19.0 Å². The van der Waals surface area contributed by atoms with Crippen LogP contribution in [0.1, 0.15) is 32.6 Å². The van der Waals surface area contributed by atoms with E-state index in [9.17, 15) is 4.79 Å². The summed E-state index contributed by atoms with van der Waals surface area (Å²) in [7, 11) is 0. The Balaban J connectivity index is 2.02. The van der Waals surface area contributed by atoms with Gasteiger partial charge in [0.15, 0.2) is 0 Å². The lowest BCUT2D eigenvalue weighted by molar-refractivity contribution is -0.141. The molecule has 0 aromatic rings. The second-order valence-electron chi connectivity index (χ2n) is 4.97. The van der Waals surface area contributed by atoms with Gasteiger partial charge in [0.2, 0.25) is 0 Å². The Morgan fingerprint density at radius 1 is 1.16 bits per heavy atom. The van der Waals surface area contributed by atoms with E-state index in [1.807, 2.05) is 6.92 Å². The molecular formula is C15H24O4. The highest BCUT2D eigenvalue weighted by Crippen LogP contribution is 2.20. The van der Waals surface area contributed by atoms with Crippen molar-refractivity contribution in [3.8, 4) is 0 Å². The second-order valence-corrected chi connectivity index (χ2v) is 4.97. The van der Waals surface area contributed by atoms with Gasteiger partial charge >= 0.3 is 5.97 Å². The molecule has 19 heavy (non-hydrogen) atoms. The van der Waals surface area contributed by atoms with Gasteiger partial charge in [-0.3, -0.25) is 0 Å². The molecule has 4 heteroatoms. The highest BCUT2D eigenvalue weighted by Gasteiger charge is 2.15. The largest absolute Gasteiger partial charge is 0.460 e. The number of rotatable bonds is 9. The van der Waals surface area contributed by atoms with Crippen molar-refractivity contribution in [1.29, 1.82) is 0 Å². The standard InChI is InChI=1S/C15H24O4/c1-12(2)10-17-11-13(3)15(16)19-9-8-18-14-6-4-5-7-14/h14H,1,3-11H2,2H3. The molecule has 108 valence electrons. The lowest BCUT2D eigenvalue weighted by atomic mass is 10.3. The summed E-state index contributed by atoms with van der Waals surface area (Å²) >= 11 is 0. The van der Waals surface area contributed by atoms with E-state index in [1.165, 1.54) is 12.8 Å². The van der Waals surface area contributed by atoms with Crippen LogP contribution in [0.25, 0.3) is 0 Å². The van der Waals surface area contributed by atoms with Crippen molar-refractivity contribution in [3.05, 3.63) is 24.3 Å². The molecule has 0 atom stereocenters. The zero-order valence-electron chi connectivity index (χ0n) is 11.8. The second kappa shape index (κ2) is 8.88. The van der Waals surface area contributed by atoms with Gasteiger partial charge in [-0.25, -0.2) is 4.79 Å². The molecule has 0 aromatic heterocycles. The van der Waals surface area contributed by atoms with Crippen LogP contribution in [0.2, 0.25) is 0 Å². The summed E-state index contributed by atoms with van der Waals surface area (Å²) in [5.41, 5.74) is 1.23. The van der Waals surface area contributed by atoms with Crippen LogP contribution in [0, 0.1) is 0 Å². The molecule has 1 aliphatic carbocycles. The van der Waals surface area contributed by atoms with E-state index < -0.39 is 5.97 Å². The highest BCUT2D eigenvalue weighted by atomic mass is 16.6. The van der Waals surface area contributed by atoms with Crippen LogP contribution in [0.15, 0.2) is 24.3 Å². The summed E-state index contributed by atoms with van der Waals surface area (Å²) in [6.07, 6.45) is 5.06. The molecule has 1 rings (SSSR count). The minimum Gasteiger partial charge on any atom is -0.460 e. The Labute approximate surface area is 115 Å². The minimum absolute atomic E-state index is 0.176. The van der Waals surface area contributed by atoms with Gasteiger partial charge in [0.05, 0.1) is 31.5 Å². The summed E-state index contributed by atoms with van der Waals surface area (Å²) in [5, 5.41) is 0. The third-order valence-electron chi connectivity index (χ3n) is 2.89. The summed E-state index contributed by atoms with van der Waals surface area (Å²) in [6, 6.07) is 0. The first-order valence-corrected chi connectivity index (χ1v) is 6.78. The molecule has 1 saturated carbocycles. The quantitative estimate of drug-likeness (QED) is 0.279. The van der Waals surface area contributed by atoms with Crippen LogP contribution in [0.3, 0.4) is 0 Å². The Bertz CT molecular complexity index is 316. The number of carbonyl (C=O) groups is 1. The van der Waals surface area contributed by atoms with E-state index in [0.29, 0.717) is 24.9 Å².